The number of amides is 3. The Morgan fingerprint density at radius 1 is 1.39 bits per heavy atom. The minimum atomic E-state index is -1.12. The van der Waals surface area contributed by atoms with Crippen LogP contribution in [0.4, 0.5) is 4.79 Å². The molecular weight excluding hydrogens is 244 g/mol. The van der Waals surface area contributed by atoms with E-state index in [4.69, 9.17) is 14.2 Å². The largest absolute Gasteiger partial charge is 0.493 e. The maximum Gasteiger partial charge on any atom is 0.377 e. The summed E-state index contributed by atoms with van der Waals surface area (Å²) in [5, 5.41) is 4.18. The quantitative estimate of drug-likeness (QED) is 0.646. The van der Waals surface area contributed by atoms with Gasteiger partial charge in [0.25, 0.3) is 5.91 Å². The molecule has 1 heterocycles. The number of carbonyl (C=O) groups excluding carboxylic acids is 3. The average molecular weight is 258 g/mol. The van der Waals surface area contributed by atoms with E-state index in [9.17, 15) is 14.4 Å². The van der Waals surface area contributed by atoms with Gasteiger partial charge < -0.3 is 19.5 Å². The van der Waals surface area contributed by atoms with Gasteiger partial charge in [-0.25, -0.2) is 9.59 Å². The Bertz CT molecular complexity index is 379. The zero-order valence-corrected chi connectivity index (χ0v) is 10.0. The predicted molar refractivity (Wildman–Crippen MR) is 58.1 cm³/mol. The van der Waals surface area contributed by atoms with Crippen molar-refractivity contribution in [2.75, 3.05) is 20.3 Å². The van der Waals surface area contributed by atoms with Crippen LogP contribution in [0.15, 0.2) is 12.0 Å². The molecule has 1 aliphatic rings. The van der Waals surface area contributed by atoms with Gasteiger partial charge in [-0.3, -0.25) is 10.1 Å². The Balaban J connectivity index is 2.46. The fraction of sp³-hybridized carbons (Fsp3) is 0.500. The van der Waals surface area contributed by atoms with Crippen LogP contribution < -0.4 is 10.6 Å². The van der Waals surface area contributed by atoms with Crippen molar-refractivity contribution in [2.24, 2.45) is 0 Å². The molecule has 18 heavy (non-hydrogen) atoms. The molecule has 8 heteroatoms. The third kappa shape index (κ3) is 3.96. The number of esters is 1. The van der Waals surface area contributed by atoms with Crippen LogP contribution in [0.3, 0.4) is 0 Å². The molecule has 0 saturated heterocycles. The van der Waals surface area contributed by atoms with E-state index in [1.165, 1.54) is 14.0 Å². The van der Waals surface area contributed by atoms with Gasteiger partial charge in [0.15, 0.2) is 6.10 Å². The van der Waals surface area contributed by atoms with Crippen molar-refractivity contribution in [3.63, 3.8) is 0 Å². The van der Waals surface area contributed by atoms with Crippen molar-refractivity contribution >= 4 is 17.9 Å². The van der Waals surface area contributed by atoms with Gasteiger partial charge in [0, 0.05) is 7.05 Å². The standard InChI is InChI=1S/C10H14N2O6/c1-6(8(13)12-10(15)11-2)18-9(14)7-5-16-3-4-17-7/h5-6H,3-4H2,1-2H3,(H2,11,12,13,15)/t6-/m1/s1. The lowest BCUT2D eigenvalue weighted by atomic mass is 10.3. The number of rotatable bonds is 3. The average Bonchev–Trinajstić information content (AvgIpc) is 2.39. The van der Waals surface area contributed by atoms with E-state index < -0.39 is 24.0 Å². The molecule has 0 spiro atoms. The van der Waals surface area contributed by atoms with Crippen LogP contribution in [0.5, 0.6) is 0 Å². The fourth-order valence-electron chi connectivity index (χ4n) is 1.02. The molecule has 0 aliphatic carbocycles. The lowest BCUT2D eigenvalue weighted by Gasteiger charge is -2.17. The zero-order valence-electron chi connectivity index (χ0n) is 10.0. The molecule has 0 saturated carbocycles. The van der Waals surface area contributed by atoms with Crippen molar-refractivity contribution in [1.82, 2.24) is 10.6 Å². The second kappa shape index (κ2) is 6.48. The number of urea groups is 1. The minimum Gasteiger partial charge on any atom is -0.493 e. The SMILES string of the molecule is CNC(=O)NC(=O)[C@@H](C)OC(=O)C1=COCCO1. The van der Waals surface area contributed by atoms with E-state index in [1.54, 1.807) is 0 Å². The molecule has 8 nitrogen and oxygen atoms in total. The molecule has 1 aliphatic heterocycles. The number of nitrogens with one attached hydrogen (secondary N) is 2. The van der Waals surface area contributed by atoms with Crippen molar-refractivity contribution in [3.05, 3.63) is 12.0 Å². The summed E-state index contributed by atoms with van der Waals surface area (Å²) in [6.07, 6.45) is -0.00362. The van der Waals surface area contributed by atoms with E-state index in [-0.39, 0.29) is 12.4 Å². The Morgan fingerprint density at radius 3 is 2.67 bits per heavy atom. The zero-order chi connectivity index (χ0) is 13.5. The summed E-state index contributed by atoms with van der Waals surface area (Å²) < 4.78 is 14.6. The fourth-order valence-corrected chi connectivity index (χ4v) is 1.02. The van der Waals surface area contributed by atoms with Gasteiger partial charge in [0.1, 0.15) is 19.5 Å². The molecule has 0 fully saturated rings. The smallest absolute Gasteiger partial charge is 0.377 e. The molecule has 2 N–H and O–H groups in total. The van der Waals surface area contributed by atoms with Gasteiger partial charge in [-0.2, -0.15) is 0 Å². The van der Waals surface area contributed by atoms with Crippen LogP contribution in [-0.4, -0.2) is 44.3 Å². The summed E-state index contributed by atoms with van der Waals surface area (Å²) in [6, 6.07) is -0.681. The molecule has 100 valence electrons. The van der Waals surface area contributed by atoms with Crippen molar-refractivity contribution in [2.45, 2.75) is 13.0 Å². The van der Waals surface area contributed by atoms with Gasteiger partial charge in [-0.05, 0) is 6.92 Å². The molecule has 0 radical (unpaired) electrons. The lowest BCUT2D eigenvalue weighted by molar-refractivity contribution is -0.155. The highest BCUT2D eigenvalue weighted by molar-refractivity contribution is 5.97. The van der Waals surface area contributed by atoms with Crippen molar-refractivity contribution in [1.29, 1.82) is 0 Å². The Kier molecular flexibility index (Phi) is 4.97. The molecule has 3 amide bonds. The number of hydrogen-bond donors (Lipinski definition) is 2. The molecule has 1 atom stereocenters. The summed E-state index contributed by atoms with van der Waals surface area (Å²) in [4.78, 5) is 33.8. The number of carbonyl (C=O) groups is 3. The van der Waals surface area contributed by atoms with E-state index in [0.29, 0.717) is 6.61 Å². The maximum absolute atomic E-state index is 11.5. The first-order chi connectivity index (χ1) is 8.54. The second-order valence-electron chi connectivity index (χ2n) is 3.32. The van der Waals surface area contributed by atoms with E-state index in [2.05, 4.69) is 5.32 Å². The molecule has 0 aromatic heterocycles. The Morgan fingerprint density at radius 2 is 2.11 bits per heavy atom. The maximum atomic E-state index is 11.5. The van der Waals surface area contributed by atoms with Crippen LogP contribution in [-0.2, 0) is 23.8 Å². The highest BCUT2D eigenvalue weighted by atomic mass is 16.6. The normalized spacial score (nSPS) is 15.3. The van der Waals surface area contributed by atoms with Crippen LogP contribution in [0.25, 0.3) is 0 Å². The number of ether oxygens (including phenoxy) is 3. The third-order valence-electron chi connectivity index (χ3n) is 1.97. The molecule has 0 aromatic rings. The highest BCUT2D eigenvalue weighted by Crippen LogP contribution is 2.07. The lowest BCUT2D eigenvalue weighted by Crippen LogP contribution is -2.43. The Labute approximate surface area is 103 Å². The first-order valence-corrected chi connectivity index (χ1v) is 5.22. The van der Waals surface area contributed by atoms with E-state index in [0.717, 1.165) is 6.26 Å². The van der Waals surface area contributed by atoms with Crippen LogP contribution >= 0.6 is 0 Å². The van der Waals surface area contributed by atoms with Gasteiger partial charge in [-0.15, -0.1) is 0 Å². The van der Waals surface area contributed by atoms with Crippen molar-refractivity contribution < 1.29 is 28.6 Å². The Hall–Kier alpha value is -2.25. The van der Waals surface area contributed by atoms with Gasteiger partial charge in [0.05, 0.1) is 0 Å². The summed E-state index contributed by atoms with van der Waals surface area (Å²) in [7, 11) is 1.36. The molecule has 1 rings (SSSR count). The van der Waals surface area contributed by atoms with Crippen LogP contribution in [0, 0.1) is 0 Å². The first-order valence-electron chi connectivity index (χ1n) is 5.22. The van der Waals surface area contributed by atoms with Crippen LogP contribution in [0.1, 0.15) is 6.92 Å². The minimum absolute atomic E-state index is 0.110. The monoisotopic (exact) mass is 258 g/mol. The van der Waals surface area contributed by atoms with Crippen LogP contribution in [0.2, 0.25) is 0 Å². The van der Waals surface area contributed by atoms with E-state index >= 15 is 0 Å². The second-order valence-corrected chi connectivity index (χ2v) is 3.32. The predicted octanol–water partition coefficient (Wildman–Crippen LogP) is -0.738. The molecule has 0 unspecified atom stereocenters. The third-order valence-corrected chi connectivity index (χ3v) is 1.97. The van der Waals surface area contributed by atoms with Gasteiger partial charge >= 0.3 is 12.0 Å². The summed E-state index contributed by atoms with van der Waals surface area (Å²) in [5.74, 6) is -1.67. The summed E-state index contributed by atoms with van der Waals surface area (Å²) >= 11 is 0. The summed E-state index contributed by atoms with van der Waals surface area (Å²) in [5.41, 5.74) is 0. The molecule has 0 bridgehead atoms. The summed E-state index contributed by atoms with van der Waals surface area (Å²) in [6.45, 7) is 1.92. The topological polar surface area (TPSA) is 103 Å². The van der Waals surface area contributed by atoms with Gasteiger partial charge in [-0.1, -0.05) is 0 Å². The van der Waals surface area contributed by atoms with Crippen molar-refractivity contribution in [3.8, 4) is 0 Å². The van der Waals surface area contributed by atoms with Gasteiger partial charge in [0.2, 0.25) is 5.76 Å². The van der Waals surface area contributed by atoms with E-state index in [1.807, 2.05) is 5.32 Å². The molecular formula is C10H14N2O6. The first kappa shape index (κ1) is 13.8. The number of imide groups is 1. The number of hydrogen-bond acceptors (Lipinski definition) is 6. The highest BCUT2D eigenvalue weighted by Gasteiger charge is 2.24. The molecule has 0 aromatic carbocycles.